The average Bonchev–Trinajstić information content (AvgIpc) is 2.88. The lowest BCUT2D eigenvalue weighted by molar-refractivity contribution is 0.0656. The highest BCUT2D eigenvalue weighted by Crippen LogP contribution is 2.32. The quantitative estimate of drug-likeness (QED) is 0.874. The van der Waals surface area contributed by atoms with Gasteiger partial charge in [-0.25, -0.2) is 21.6 Å². The summed E-state index contributed by atoms with van der Waals surface area (Å²) in [5.41, 5.74) is 0. The van der Waals surface area contributed by atoms with Crippen LogP contribution in [0.1, 0.15) is 36.2 Å². The number of hydrogen-bond acceptors (Lipinski definition) is 6. The molecule has 0 aromatic carbocycles. The monoisotopic (exact) mass is 336 g/mol. The van der Waals surface area contributed by atoms with E-state index >= 15 is 0 Å². The lowest BCUT2D eigenvalue weighted by Gasteiger charge is -2.26. The molecule has 1 aliphatic rings. The lowest BCUT2D eigenvalue weighted by atomic mass is 10.00. The smallest absolute Gasteiger partial charge is 0.371 e. The van der Waals surface area contributed by atoms with Crippen molar-refractivity contribution in [2.24, 2.45) is 0 Å². The third kappa shape index (κ3) is 3.29. The highest BCUT2D eigenvalue weighted by molar-refractivity contribution is 7.92. The van der Waals surface area contributed by atoms with Gasteiger partial charge in [0.05, 0.1) is 10.5 Å². The van der Waals surface area contributed by atoms with Gasteiger partial charge in [-0.15, -0.1) is 0 Å². The SMILES string of the molecule is CS(=O)(=O)C1CCCC(S(=O)(=O)c2ccc(C(=O)O)o2)C1. The van der Waals surface area contributed by atoms with E-state index in [4.69, 9.17) is 9.52 Å². The molecule has 1 N–H and O–H groups in total. The van der Waals surface area contributed by atoms with Gasteiger partial charge in [0, 0.05) is 6.26 Å². The molecule has 0 amide bonds. The molecular formula is C12H16O7S2. The zero-order valence-electron chi connectivity index (χ0n) is 11.4. The van der Waals surface area contributed by atoms with Crippen molar-refractivity contribution in [2.45, 2.75) is 41.3 Å². The van der Waals surface area contributed by atoms with Crippen LogP contribution in [0.5, 0.6) is 0 Å². The molecule has 2 rings (SSSR count). The number of rotatable bonds is 4. The van der Waals surface area contributed by atoms with Gasteiger partial charge in [0.15, 0.2) is 0 Å². The van der Waals surface area contributed by atoms with Crippen LogP contribution in [-0.2, 0) is 19.7 Å². The predicted octanol–water partition coefficient (Wildman–Crippen LogP) is 1.11. The molecule has 0 spiro atoms. The average molecular weight is 336 g/mol. The summed E-state index contributed by atoms with van der Waals surface area (Å²) in [5, 5.41) is 6.79. The van der Waals surface area contributed by atoms with Gasteiger partial charge in [-0.2, -0.15) is 0 Å². The van der Waals surface area contributed by atoms with Crippen molar-refractivity contribution < 1.29 is 31.2 Å². The van der Waals surface area contributed by atoms with Crippen LogP contribution in [0.15, 0.2) is 21.6 Å². The van der Waals surface area contributed by atoms with E-state index in [9.17, 15) is 21.6 Å². The highest BCUT2D eigenvalue weighted by Gasteiger charge is 2.38. The van der Waals surface area contributed by atoms with Crippen LogP contribution in [0.3, 0.4) is 0 Å². The van der Waals surface area contributed by atoms with Crippen molar-refractivity contribution in [1.29, 1.82) is 0 Å². The van der Waals surface area contributed by atoms with E-state index in [1.165, 1.54) is 0 Å². The molecule has 1 heterocycles. The van der Waals surface area contributed by atoms with Gasteiger partial charge in [0.25, 0.3) is 0 Å². The molecule has 21 heavy (non-hydrogen) atoms. The van der Waals surface area contributed by atoms with Crippen LogP contribution >= 0.6 is 0 Å². The summed E-state index contributed by atoms with van der Waals surface area (Å²) >= 11 is 0. The fraction of sp³-hybridized carbons (Fsp3) is 0.583. The summed E-state index contributed by atoms with van der Waals surface area (Å²) in [6.07, 6.45) is 2.40. The van der Waals surface area contributed by atoms with Crippen molar-refractivity contribution >= 4 is 25.6 Å². The molecular weight excluding hydrogens is 320 g/mol. The number of carbonyl (C=O) groups is 1. The number of carboxylic acids is 1. The molecule has 1 saturated carbocycles. The Balaban J connectivity index is 2.28. The Labute approximate surface area is 122 Å². The molecule has 1 aromatic heterocycles. The molecule has 0 aliphatic heterocycles. The minimum Gasteiger partial charge on any atom is -0.475 e. The molecule has 2 atom stereocenters. The van der Waals surface area contributed by atoms with Gasteiger partial charge in [-0.1, -0.05) is 6.42 Å². The molecule has 1 fully saturated rings. The Morgan fingerprint density at radius 3 is 2.33 bits per heavy atom. The maximum absolute atomic E-state index is 12.4. The first-order valence-corrected chi connectivity index (χ1v) is 9.88. The first-order valence-electron chi connectivity index (χ1n) is 6.38. The van der Waals surface area contributed by atoms with E-state index < -0.39 is 47.0 Å². The first-order chi connectivity index (χ1) is 9.62. The van der Waals surface area contributed by atoms with Crippen molar-refractivity contribution in [3.05, 3.63) is 17.9 Å². The molecule has 0 bridgehead atoms. The summed E-state index contributed by atoms with van der Waals surface area (Å²) in [7, 11) is -7.16. The summed E-state index contributed by atoms with van der Waals surface area (Å²) in [6, 6.07) is 2.18. The molecule has 118 valence electrons. The number of aromatic carboxylic acids is 1. The minimum atomic E-state index is -3.86. The highest BCUT2D eigenvalue weighted by atomic mass is 32.2. The Bertz CT molecular complexity index is 742. The summed E-state index contributed by atoms with van der Waals surface area (Å²) in [6.45, 7) is 0. The summed E-state index contributed by atoms with van der Waals surface area (Å²) < 4.78 is 52.9. The largest absolute Gasteiger partial charge is 0.475 e. The normalized spacial score (nSPS) is 23.9. The van der Waals surface area contributed by atoms with Gasteiger partial charge in [-0.05, 0) is 31.4 Å². The predicted molar refractivity (Wildman–Crippen MR) is 73.7 cm³/mol. The summed E-state index contributed by atoms with van der Waals surface area (Å²) in [5.74, 6) is -1.81. The Kier molecular flexibility index (Phi) is 4.16. The van der Waals surface area contributed by atoms with Crippen LogP contribution in [-0.4, -0.2) is 44.7 Å². The van der Waals surface area contributed by atoms with Crippen molar-refractivity contribution in [1.82, 2.24) is 0 Å². The maximum atomic E-state index is 12.4. The second-order valence-corrected chi connectivity index (χ2v) is 9.69. The van der Waals surface area contributed by atoms with E-state index in [2.05, 4.69) is 0 Å². The molecule has 7 nitrogen and oxygen atoms in total. The summed E-state index contributed by atoms with van der Waals surface area (Å²) in [4.78, 5) is 10.7. The third-order valence-corrected chi connectivity index (χ3v) is 7.42. The van der Waals surface area contributed by atoms with E-state index in [1.54, 1.807) is 0 Å². The van der Waals surface area contributed by atoms with Gasteiger partial charge in [0.1, 0.15) is 9.84 Å². The number of sulfone groups is 2. The fourth-order valence-corrected chi connectivity index (χ4v) is 5.58. The number of carboxylic acid groups (broad SMARTS) is 1. The second-order valence-electron chi connectivity index (χ2n) is 5.21. The van der Waals surface area contributed by atoms with E-state index in [0.29, 0.717) is 19.3 Å². The zero-order chi connectivity index (χ0) is 15.8. The van der Waals surface area contributed by atoms with Gasteiger partial charge in [0.2, 0.25) is 20.7 Å². The van der Waals surface area contributed by atoms with Crippen LogP contribution < -0.4 is 0 Å². The first kappa shape index (κ1) is 16.0. The molecule has 2 unspecified atom stereocenters. The molecule has 0 saturated heterocycles. The molecule has 1 aliphatic carbocycles. The second kappa shape index (κ2) is 5.45. The van der Waals surface area contributed by atoms with Crippen molar-refractivity contribution in [3.8, 4) is 0 Å². The molecule has 0 radical (unpaired) electrons. The minimum absolute atomic E-state index is 0.0181. The van der Waals surface area contributed by atoms with Crippen LogP contribution in [0.4, 0.5) is 0 Å². The molecule has 9 heteroatoms. The van der Waals surface area contributed by atoms with E-state index in [-0.39, 0.29) is 6.42 Å². The topological polar surface area (TPSA) is 119 Å². The van der Waals surface area contributed by atoms with E-state index in [0.717, 1.165) is 18.4 Å². The number of furan rings is 1. The Morgan fingerprint density at radius 1 is 1.19 bits per heavy atom. The van der Waals surface area contributed by atoms with E-state index in [1.807, 2.05) is 0 Å². The number of hydrogen-bond donors (Lipinski definition) is 1. The maximum Gasteiger partial charge on any atom is 0.371 e. The van der Waals surface area contributed by atoms with Gasteiger partial charge in [-0.3, -0.25) is 0 Å². The Hall–Kier alpha value is -1.35. The van der Waals surface area contributed by atoms with Crippen LogP contribution in [0.2, 0.25) is 0 Å². The fourth-order valence-electron chi connectivity index (χ4n) is 2.53. The lowest BCUT2D eigenvalue weighted by Crippen LogP contribution is -2.34. The van der Waals surface area contributed by atoms with Crippen molar-refractivity contribution in [2.75, 3.05) is 6.26 Å². The van der Waals surface area contributed by atoms with Crippen LogP contribution in [0.25, 0.3) is 0 Å². The van der Waals surface area contributed by atoms with Gasteiger partial charge >= 0.3 is 5.97 Å². The van der Waals surface area contributed by atoms with Crippen molar-refractivity contribution in [3.63, 3.8) is 0 Å². The van der Waals surface area contributed by atoms with Gasteiger partial charge < -0.3 is 9.52 Å². The zero-order valence-corrected chi connectivity index (χ0v) is 13.0. The Morgan fingerprint density at radius 2 is 1.81 bits per heavy atom. The standard InChI is InChI=1S/C12H16O7S2/c1-20(15,16)8-3-2-4-9(7-8)21(17,18)11-6-5-10(19-11)12(13)14/h5-6,8-9H,2-4,7H2,1H3,(H,13,14). The third-order valence-electron chi connectivity index (χ3n) is 3.69. The molecule has 1 aromatic rings. The van der Waals surface area contributed by atoms with Crippen LogP contribution in [0, 0.1) is 0 Å².